The average molecular weight is 429 g/mol. The van der Waals surface area contributed by atoms with Gasteiger partial charge in [-0.15, -0.1) is 0 Å². The molecule has 0 spiro atoms. The van der Waals surface area contributed by atoms with Crippen molar-refractivity contribution in [2.45, 2.75) is 13.5 Å². The lowest BCUT2D eigenvalue weighted by Gasteiger charge is -2.13. The third-order valence-corrected chi connectivity index (χ3v) is 5.13. The van der Waals surface area contributed by atoms with Gasteiger partial charge in [-0.3, -0.25) is 19.3 Å². The number of carbonyl (C=O) groups is 1. The SMILES string of the molecule is Cc1c(Oc2ccnc(-c3cnn(C)c3)c2)cccc1C(=O)NCc1cccn(C)c1=O. The number of hydrogen-bond acceptors (Lipinski definition) is 5. The molecule has 0 saturated carbocycles. The van der Waals surface area contributed by atoms with E-state index in [-0.39, 0.29) is 18.0 Å². The minimum atomic E-state index is -0.273. The molecule has 1 amide bonds. The summed E-state index contributed by atoms with van der Waals surface area (Å²) in [5.41, 5.74) is 3.20. The molecule has 8 nitrogen and oxygen atoms in total. The summed E-state index contributed by atoms with van der Waals surface area (Å²) in [5, 5.41) is 6.99. The summed E-state index contributed by atoms with van der Waals surface area (Å²) in [6.45, 7) is 1.98. The van der Waals surface area contributed by atoms with E-state index in [0.29, 0.717) is 28.2 Å². The van der Waals surface area contributed by atoms with Crippen LogP contribution in [0, 0.1) is 6.92 Å². The van der Waals surface area contributed by atoms with Gasteiger partial charge in [0.15, 0.2) is 0 Å². The fourth-order valence-corrected chi connectivity index (χ4v) is 3.34. The van der Waals surface area contributed by atoms with E-state index < -0.39 is 0 Å². The minimum absolute atomic E-state index is 0.135. The van der Waals surface area contributed by atoms with Gasteiger partial charge in [-0.2, -0.15) is 5.10 Å². The smallest absolute Gasteiger partial charge is 0.255 e. The molecule has 1 aromatic carbocycles. The molecule has 4 rings (SSSR count). The number of rotatable bonds is 6. The van der Waals surface area contributed by atoms with Crippen molar-refractivity contribution in [1.29, 1.82) is 0 Å². The second kappa shape index (κ2) is 8.89. The molecule has 0 radical (unpaired) electrons. The van der Waals surface area contributed by atoms with Gasteiger partial charge < -0.3 is 14.6 Å². The summed E-state index contributed by atoms with van der Waals surface area (Å²) in [7, 11) is 3.52. The Morgan fingerprint density at radius 1 is 1.16 bits per heavy atom. The predicted octanol–water partition coefficient (Wildman–Crippen LogP) is 3.21. The number of hydrogen-bond donors (Lipinski definition) is 1. The molecule has 162 valence electrons. The fourth-order valence-electron chi connectivity index (χ4n) is 3.34. The molecule has 3 heterocycles. The Morgan fingerprint density at radius 3 is 2.78 bits per heavy atom. The number of amides is 1. The highest BCUT2D eigenvalue weighted by atomic mass is 16.5. The van der Waals surface area contributed by atoms with Crippen molar-refractivity contribution in [3.05, 3.63) is 94.3 Å². The Kier molecular flexibility index (Phi) is 5.85. The van der Waals surface area contributed by atoms with Crippen LogP contribution in [-0.2, 0) is 20.6 Å². The maximum absolute atomic E-state index is 12.8. The Balaban J connectivity index is 1.52. The number of nitrogens with zero attached hydrogens (tertiary/aromatic N) is 4. The molecule has 0 fully saturated rings. The summed E-state index contributed by atoms with van der Waals surface area (Å²) >= 11 is 0. The van der Waals surface area contributed by atoms with Gasteiger partial charge >= 0.3 is 0 Å². The standard InChI is InChI=1S/C24H23N5O3/c1-16-20(23(30)26-13-17-6-5-11-28(2)24(17)31)7-4-8-22(16)32-19-9-10-25-21(12-19)18-14-27-29(3)15-18/h4-12,14-15H,13H2,1-3H3,(H,26,30). The molecule has 0 atom stereocenters. The van der Waals surface area contributed by atoms with Crippen molar-refractivity contribution in [1.82, 2.24) is 24.6 Å². The van der Waals surface area contributed by atoms with Gasteiger partial charge in [0.05, 0.1) is 11.9 Å². The summed E-state index contributed by atoms with van der Waals surface area (Å²) in [6, 6.07) is 12.4. The van der Waals surface area contributed by atoms with Gasteiger partial charge in [-0.1, -0.05) is 12.1 Å². The van der Waals surface area contributed by atoms with E-state index in [2.05, 4.69) is 15.4 Å². The maximum Gasteiger partial charge on any atom is 0.255 e. The zero-order valence-electron chi connectivity index (χ0n) is 18.1. The molecular weight excluding hydrogens is 406 g/mol. The number of aryl methyl sites for hydroxylation is 2. The lowest BCUT2D eigenvalue weighted by atomic mass is 10.1. The van der Waals surface area contributed by atoms with Crippen molar-refractivity contribution in [3.63, 3.8) is 0 Å². The second-order valence-electron chi connectivity index (χ2n) is 7.44. The molecular formula is C24H23N5O3. The molecule has 0 aliphatic carbocycles. The van der Waals surface area contributed by atoms with Crippen LogP contribution in [0.4, 0.5) is 0 Å². The number of pyridine rings is 2. The summed E-state index contributed by atoms with van der Waals surface area (Å²) in [6.07, 6.45) is 6.96. The van der Waals surface area contributed by atoms with Crippen molar-refractivity contribution >= 4 is 5.91 Å². The molecule has 0 aliphatic heterocycles. The first-order chi connectivity index (χ1) is 15.4. The second-order valence-corrected chi connectivity index (χ2v) is 7.44. The summed E-state index contributed by atoms with van der Waals surface area (Å²) < 4.78 is 9.26. The van der Waals surface area contributed by atoms with Crippen LogP contribution in [0.15, 0.2) is 72.0 Å². The van der Waals surface area contributed by atoms with E-state index in [4.69, 9.17) is 4.74 Å². The fraction of sp³-hybridized carbons (Fsp3) is 0.167. The van der Waals surface area contributed by atoms with Crippen LogP contribution < -0.4 is 15.6 Å². The lowest BCUT2D eigenvalue weighted by molar-refractivity contribution is 0.0949. The number of ether oxygens (including phenoxy) is 1. The molecule has 0 unspecified atom stereocenters. The van der Waals surface area contributed by atoms with E-state index in [1.54, 1.807) is 60.7 Å². The molecule has 32 heavy (non-hydrogen) atoms. The van der Waals surface area contributed by atoms with Crippen molar-refractivity contribution in [2.75, 3.05) is 0 Å². The van der Waals surface area contributed by atoms with Gasteiger partial charge in [0.1, 0.15) is 11.5 Å². The van der Waals surface area contributed by atoms with Crippen molar-refractivity contribution in [2.24, 2.45) is 14.1 Å². The van der Waals surface area contributed by atoms with E-state index >= 15 is 0 Å². The van der Waals surface area contributed by atoms with Crippen LogP contribution in [0.25, 0.3) is 11.3 Å². The van der Waals surface area contributed by atoms with Gasteiger partial charge in [0.2, 0.25) is 0 Å². The summed E-state index contributed by atoms with van der Waals surface area (Å²) in [4.78, 5) is 29.3. The zero-order chi connectivity index (χ0) is 22.7. The maximum atomic E-state index is 12.8. The topological polar surface area (TPSA) is 91.0 Å². The monoisotopic (exact) mass is 429 g/mol. The van der Waals surface area contributed by atoms with Crippen LogP contribution in [0.2, 0.25) is 0 Å². The lowest BCUT2D eigenvalue weighted by Crippen LogP contribution is -2.29. The van der Waals surface area contributed by atoms with E-state index in [0.717, 1.165) is 11.3 Å². The third kappa shape index (κ3) is 4.44. The van der Waals surface area contributed by atoms with Crippen LogP contribution in [-0.4, -0.2) is 25.2 Å². The number of benzene rings is 1. The molecule has 0 bridgehead atoms. The summed E-state index contributed by atoms with van der Waals surface area (Å²) in [5.74, 6) is 0.897. The number of nitrogens with one attached hydrogen (secondary N) is 1. The van der Waals surface area contributed by atoms with Gasteiger partial charge in [-0.05, 0) is 31.2 Å². The Morgan fingerprint density at radius 2 is 2.00 bits per heavy atom. The van der Waals surface area contributed by atoms with Gasteiger partial charge in [-0.25, -0.2) is 0 Å². The largest absolute Gasteiger partial charge is 0.457 e. The van der Waals surface area contributed by atoms with Crippen LogP contribution in [0.5, 0.6) is 11.5 Å². The average Bonchev–Trinajstić information content (AvgIpc) is 3.22. The zero-order valence-corrected chi connectivity index (χ0v) is 18.1. The van der Waals surface area contributed by atoms with Crippen molar-refractivity contribution in [3.8, 4) is 22.8 Å². The normalized spacial score (nSPS) is 10.7. The van der Waals surface area contributed by atoms with Gasteiger partial charge in [0, 0.05) is 67.6 Å². The first-order valence-corrected chi connectivity index (χ1v) is 10.1. The van der Waals surface area contributed by atoms with E-state index in [9.17, 15) is 9.59 Å². The van der Waals surface area contributed by atoms with Crippen molar-refractivity contribution < 1.29 is 9.53 Å². The predicted molar refractivity (Wildman–Crippen MR) is 121 cm³/mol. The van der Waals surface area contributed by atoms with Gasteiger partial charge in [0.25, 0.3) is 11.5 Å². The first-order valence-electron chi connectivity index (χ1n) is 10.1. The Bertz CT molecular complexity index is 1340. The Hall–Kier alpha value is -4.20. The van der Waals surface area contributed by atoms with Crippen LogP contribution in [0.1, 0.15) is 21.5 Å². The highest BCUT2D eigenvalue weighted by Crippen LogP contribution is 2.29. The molecule has 0 aliphatic rings. The molecule has 1 N–H and O–H groups in total. The highest BCUT2D eigenvalue weighted by molar-refractivity contribution is 5.96. The minimum Gasteiger partial charge on any atom is -0.457 e. The number of carbonyl (C=O) groups excluding carboxylic acids is 1. The van der Waals surface area contributed by atoms with Crippen LogP contribution in [0.3, 0.4) is 0 Å². The Labute approximate surface area is 185 Å². The third-order valence-electron chi connectivity index (χ3n) is 5.13. The highest BCUT2D eigenvalue weighted by Gasteiger charge is 2.14. The molecule has 0 saturated heterocycles. The van der Waals surface area contributed by atoms with E-state index in [1.165, 1.54) is 4.57 Å². The van der Waals surface area contributed by atoms with Crippen LogP contribution >= 0.6 is 0 Å². The molecule has 8 heteroatoms. The molecule has 4 aromatic rings. The number of aromatic nitrogens is 4. The van der Waals surface area contributed by atoms with E-state index in [1.807, 2.05) is 32.3 Å². The quantitative estimate of drug-likeness (QED) is 0.508. The molecule has 3 aromatic heterocycles. The first kappa shape index (κ1) is 21.0.